The first-order valence-electron chi connectivity index (χ1n) is 12.2. The summed E-state index contributed by atoms with van der Waals surface area (Å²) in [4.78, 5) is 13.3. The molecular formula is C25H38O7. The fraction of sp³-hybridized carbons (Fsp3) is 0.880. The summed E-state index contributed by atoms with van der Waals surface area (Å²) in [5, 5.41) is 21.3. The van der Waals surface area contributed by atoms with E-state index in [1.807, 2.05) is 6.92 Å². The topological polar surface area (TPSA) is 94.5 Å². The van der Waals surface area contributed by atoms with Gasteiger partial charge in [0.2, 0.25) is 6.29 Å². The third-order valence-corrected chi connectivity index (χ3v) is 9.21. The molecule has 3 saturated carbocycles. The number of ether oxygens (including phenoxy) is 4. The Morgan fingerprint density at radius 2 is 2.06 bits per heavy atom. The smallest absolute Gasteiger partial charge is 0.313 e. The Balaban J connectivity index is 1.49. The molecule has 5 aliphatic rings. The number of carbonyl (C=O) groups is 1. The summed E-state index contributed by atoms with van der Waals surface area (Å²) in [6.45, 7) is 10.8. The molecule has 0 radical (unpaired) electrons. The van der Waals surface area contributed by atoms with Crippen molar-refractivity contribution < 1.29 is 34.0 Å². The molecule has 0 aromatic carbocycles. The van der Waals surface area contributed by atoms with E-state index in [1.54, 1.807) is 20.1 Å². The zero-order chi connectivity index (χ0) is 23.1. The number of rotatable bonds is 8. The van der Waals surface area contributed by atoms with E-state index in [-0.39, 0.29) is 35.2 Å². The van der Waals surface area contributed by atoms with Gasteiger partial charge in [0.1, 0.15) is 6.10 Å². The van der Waals surface area contributed by atoms with E-state index in [0.29, 0.717) is 32.0 Å². The van der Waals surface area contributed by atoms with Gasteiger partial charge in [-0.2, -0.15) is 0 Å². The molecule has 1 saturated heterocycles. The van der Waals surface area contributed by atoms with E-state index in [0.717, 1.165) is 18.4 Å². The van der Waals surface area contributed by atoms with Gasteiger partial charge in [-0.15, -0.1) is 0 Å². The average molecular weight is 451 g/mol. The number of esters is 1. The van der Waals surface area contributed by atoms with Gasteiger partial charge in [-0.3, -0.25) is 4.79 Å². The minimum absolute atomic E-state index is 0.00697. The van der Waals surface area contributed by atoms with Crippen LogP contribution in [0.15, 0.2) is 11.8 Å². The number of aliphatic hydroxyl groups excluding tert-OH is 1. The number of hydrogen-bond acceptors (Lipinski definition) is 7. The average Bonchev–Trinajstić information content (AvgIpc) is 3.12. The SMILES string of the molecule is CCC(C)CO[C@@H]1[C@@H]2OC(=O)[C@]3(C)[C@H]1C[C@@]14C2=CO[C@@H](OCCC(C)(C)O)C1C[C@@H](O)[C@@H]34. The van der Waals surface area contributed by atoms with E-state index in [2.05, 4.69) is 13.8 Å². The van der Waals surface area contributed by atoms with Crippen LogP contribution in [-0.4, -0.2) is 59.6 Å². The van der Waals surface area contributed by atoms with Crippen LogP contribution in [0.3, 0.4) is 0 Å². The standard InChI is InChI=1S/C25H38O7/c1-6-13(2)11-30-18-15-10-25-14-9-17(26)20(25)24(15,5)22(27)32-19(18)16(25)12-31-21(14)29-8-7-23(3,4)28/h12-15,17-21,26,28H,6-11H2,1-5H3/t13?,14?,15-,17+,18-,19+,20-,21+,24+,25-/m0/s1. The Hall–Kier alpha value is -1.15. The van der Waals surface area contributed by atoms with Crippen LogP contribution in [0.4, 0.5) is 0 Å². The van der Waals surface area contributed by atoms with Crippen LogP contribution in [0.2, 0.25) is 0 Å². The molecule has 180 valence electrons. The van der Waals surface area contributed by atoms with Crippen molar-refractivity contribution in [1.82, 2.24) is 0 Å². The fourth-order valence-electron chi connectivity index (χ4n) is 7.42. The van der Waals surface area contributed by atoms with Crippen molar-refractivity contribution in [1.29, 1.82) is 0 Å². The number of fused-ring (bicyclic) bond motifs is 3. The zero-order valence-corrected chi connectivity index (χ0v) is 19.9. The van der Waals surface area contributed by atoms with Crippen molar-refractivity contribution in [3.63, 3.8) is 0 Å². The molecule has 1 spiro atoms. The van der Waals surface area contributed by atoms with Crippen molar-refractivity contribution in [2.24, 2.45) is 34.5 Å². The zero-order valence-electron chi connectivity index (χ0n) is 19.9. The van der Waals surface area contributed by atoms with Crippen LogP contribution in [0.1, 0.15) is 60.3 Å². The van der Waals surface area contributed by atoms with Crippen molar-refractivity contribution >= 4 is 5.97 Å². The Morgan fingerprint density at radius 3 is 2.75 bits per heavy atom. The molecule has 2 heterocycles. The lowest BCUT2D eigenvalue weighted by molar-refractivity contribution is -0.211. The summed E-state index contributed by atoms with van der Waals surface area (Å²) in [6.07, 6.45) is 2.78. The third-order valence-electron chi connectivity index (χ3n) is 9.21. The van der Waals surface area contributed by atoms with Gasteiger partial charge in [0, 0.05) is 35.3 Å². The molecule has 7 nitrogen and oxygen atoms in total. The molecule has 0 amide bonds. The van der Waals surface area contributed by atoms with Gasteiger partial charge in [-0.1, -0.05) is 20.3 Å². The maximum absolute atomic E-state index is 13.3. The maximum atomic E-state index is 13.3. The largest absolute Gasteiger partial charge is 0.472 e. The molecule has 2 unspecified atom stereocenters. The summed E-state index contributed by atoms with van der Waals surface area (Å²) in [5.41, 5.74) is -1.01. The predicted molar refractivity (Wildman–Crippen MR) is 115 cm³/mol. The second-order valence-corrected chi connectivity index (χ2v) is 11.7. The van der Waals surface area contributed by atoms with Gasteiger partial charge in [-0.05, 0) is 46.0 Å². The third kappa shape index (κ3) is 2.97. The lowest BCUT2D eigenvalue weighted by Gasteiger charge is -2.51. The fourth-order valence-corrected chi connectivity index (χ4v) is 7.42. The van der Waals surface area contributed by atoms with Crippen molar-refractivity contribution in [3.8, 4) is 0 Å². The Labute approximate surface area is 190 Å². The van der Waals surface area contributed by atoms with Crippen molar-refractivity contribution in [2.45, 2.75) is 90.5 Å². The molecule has 3 aliphatic carbocycles. The monoisotopic (exact) mass is 450 g/mol. The molecular weight excluding hydrogens is 412 g/mol. The van der Waals surface area contributed by atoms with Crippen LogP contribution < -0.4 is 0 Å². The van der Waals surface area contributed by atoms with Crippen LogP contribution in [0.5, 0.6) is 0 Å². The van der Waals surface area contributed by atoms with E-state index >= 15 is 0 Å². The van der Waals surface area contributed by atoms with Gasteiger partial charge >= 0.3 is 5.97 Å². The summed E-state index contributed by atoms with van der Waals surface area (Å²) in [7, 11) is 0. The first-order valence-corrected chi connectivity index (χ1v) is 12.2. The van der Waals surface area contributed by atoms with Crippen molar-refractivity contribution in [2.75, 3.05) is 13.2 Å². The number of carbonyl (C=O) groups excluding carboxylic acids is 1. The summed E-state index contributed by atoms with van der Waals surface area (Å²) in [6, 6.07) is 0. The first-order chi connectivity index (χ1) is 15.0. The highest BCUT2D eigenvalue weighted by Gasteiger charge is 2.81. The molecule has 2 aliphatic heterocycles. The van der Waals surface area contributed by atoms with Crippen molar-refractivity contribution in [3.05, 3.63) is 11.8 Å². The second-order valence-electron chi connectivity index (χ2n) is 11.7. The van der Waals surface area contributed by atoms with E-state index < -0.39 is 29.5 Å². The van der Waals surface area contributed by atoms with Gasteiger partial charge in [0.25, 0.3) is 0 Å². The molecule has 0 aromatic rings. The van der Waals surface area contributed by atoms with E-state index in [4.69, 9.17) is 18.9 Å². The number of aliphatic hydroxyl groups is 2. The summed E-state index contributed by atoms with van der Waals surface area (Å²) < 4.78 is 24.6. The Bertz CT molecular complexity index is 803. The molecule has 32 heavy (non-hydrogen) atoms. The lowest BCUT2D eigenvalue weighted by Crippen LogP contribution is -2.58. The van der Waals surface area contributed by atoms with Gasteiger partial charge in [0.05, 0.1) is 30.0 Å². The lowest BCUT2D eigenvalue weighted by atomic mass is 9.61. The van der Waals surface area contributed by atoms with Gasteiger partial charge in [0.15, 0.2) is 6.10 Å². The quantitative estimate of drug-likeness (QED) is 0.549. The molecule has 2 N–H and O–H groups in total. The summed E-state index contributed by atoms with van der Waals surface area (Å²) in [5.74, 6) is -0.0616. The van der Waals surface area contributed by atoms with E-state index in [9.17, 15) is 15.0 Å². The number of hydrogen-bond donors (Lipinski definition) is 2. The first kappa shape index (κ1) is 22.6. The highest BCUT2D eigenvalue weighted by molar-refractivity contribution is 5.81. The van der Waals surface area contributed by atoms with Crippen LogP contribution in [-0.2, 0) is 23.7 Å². The summed E-state index contributed by atoms with van der Waals surface area (Å²) >= 11 is 0. The van der Waals surface area contributed by atoms with Crippen LogP contribution >= 0.6 is 0 Å². The molecule has 10 atom stereocenters. The van der Waals surface area contributed by atoms with Crippen LogP contribution in [0.25, 0.3) is 0 Å². The Kier molecular flexibility index (Phi) is 5.25. The molecule has 0 aromatic heterocycles. The Morgan fingerprint density at radius 1 is 1.31 bits per heavy atom. The molecule has 5 rings (SSSR count). The normalized spacial score (nSPS) is 47.0. The van der Waals surface area contributed by atoms with Crippen LogP contribution in [0, 0.1) is 34.5 Å². The predicted octanol–water partition coefficient (Wildman–Crippen LogP) is 2.78. The maximum Gasteiger partial charge on any atom is 0.313 e. The highest BCUT2D eigenvalue weighted by Crippen LogP contribution is 2.77. The highest BCUT2D eigenvalue weighted by atomic mass is 16.7. The molecule has 4 fully saturated rings. The van der Waals surface area contributed by atoms with Gasteiger partial charge < -0.3 is 29.2 Å². The molecule has 3 bridgehead atoms. The minimum Gasteiger partial charge on any atom is -0.472 e. The minimum atomic E-state index is -0.817. The second kappa shape index (κ2) is 7.42. The van der Waals surface area contributed by atoms with E-state index in [1.165, 1.54) is 0 Å². The van der Waals surface area contributed by atoms with Gasteiger partial charge in [-0.25, -0.2) is 0 Å². The molecule has 7 heteroatoms.